The van der Waals surface area contributed by atoms with Gasteiger partial charge in [-0.25, -0.2) is 0 Å². The molecule has 3 aromatic heterocycles. The maximum atomic E-state index is 12.3. The van der Waals surface area contributed by atoms with Crippen molar-refractivity contribution in [1.29, 1.82) is 0 Å². The van der Waals surface area contributed by atoms with Gasteiger partial charge in [0.1, 0.15) is 0 Å². The van der Waals surface area contributed by atoms with Crippen molar-refractivity contribution in [1.82, 2.24) is 33.3 Å². The van der Waals surface area contributed by atoms with Crippen LogP contribution in [0.1, 0.15) is 10.5 Å². The molecule has 0 radical (unpaired) electrons. The molecule has 10 nitrogen and oxygen atoms in total. The zero-order valence-corrected chi connectivity index (χ0v) is 15.3. The predicted molar refractivity (Wildman–Crippen MR) is 93.5 cm³/mol. The normalized spacial score (nSPS) is 11.3. The van der Waals surface area contributed by atoms with Crippen molar-refractivity contribution >= 4 is 35.9 Å². The van der Waals surface area contributed by atoms with Gasteiger partial charge in [0.05, 0.1) is 0 Å². The number of aromatic nitrogens is 6. The number of nitrogens with zero attached hydrogens (tertiary/aromatic N) is 6. The number of nitrogens with one attached hydrogen (secondary N) is 1. The Balaban J connectivity index is 1.51. The average molecular weight is 418 g/mol. The number of carbonyl (C=O) groups is 1. The number of carbonyl (C=O) groups excluding carboxylic acids is 1. The summed E-state index contributed by atoms with van der Waals surface area (Å²) < 4.78 is 4.99. The SMILES string of the molecule is Cn1nnc2c(C(=O)NCCn3[se]c4ccccc4c3=O)ncn2c1=O. The Kier molecular flexibility index (Phi) is 4.02. The van der Waals surface area contributed by atoms with E-state index in [9.17, 15) is 14.4 Å². The minimum atomic E-state index is -0.466. The summed E-state index contributed by atoms with van der Waals surface area (Å²) in [6, 6.07) is 7.51. The van der Waals surface area contributed by atoms with Gasteiger partial charge in [0, 0.05) is 0 Å². The first-order valence-corrected chi connectivity index (χ1v) is 9.32. The van der Waals surface area contributed by atoms with Crippen molar-refractivity contribution in [2.75, 3.05) is 6.54 Å². The summed E-state index contributed by atoms with van der Waals surface area (Å²) in [6.45, 7) is 0.677. The molecular formula is C15H13N7O3Se. The van der Waals surface area contributed by atoms with Crippen molar-refractivity contribution in [2.45, 2.75) is 6.54 Å². The topological polar surface area (TPSA) is 116 Å². The van der Waals surface area contributed by atoms with Crippen LogP contribution in [-0.2, 0) is 13.6 Å². The fraction of sp³-hybridized carbons (Fsp3) is 0.200. The van der Waals surface area contributed by atoms with Gasteiger partial charge >= 0.3 is 151 Å². The number of rotatable bonds is 4. The number of aryl methyl sites for hydroxylation is 1. The molecule has 26 heavy (non-hydrogen) atoms. The van der Waals surface area contributed by atoms with Crippen molar-refractivity contribution in [2.24, 2.45) is 7.05 Å². The van der Waals surface area contributed by atoms with Gasteiger partial charge in [-0.1, -0.05) is 0 Å². The van der Waals surface area contributed by atoms with E-state index in [1.165, 1.54) is 13.4 Å². The van der Waals surface area contributed by atoms with Gasteiger partial charge in [-0.15, -0.1) is 0 Å². The third kappa shape index (κ3) is 2.67. The van der Waals surface area contributed by atoms with Crippen molar-refractivity contribution in [3.63, 3.8) is 0 Å². The van der Waals surface area contributed by atoms with E-state index in [4.69, 9.17) is 0 Å². The van der Waals surface area contributed by atoms with Gasteiger partial charge in [0.15, 0.2) is 0 Å². The second kappa shape index (κ2) is 6.36. The number of benzene rings is 1. The quantitative estimate of drug-likeness (QED) is 0.409. The zero-order valence-electron chi connectivity index (χ0n) is 13.6. The van der Waals surface area contributed by atoms with E-state index >= 15 is 0 Å². The van der Waals surface area contributed by atoms with Crippen molar-refractivity contribution < 1.29 is 4.79 Å². The van der Waals surface area contributed by atoms with Crippen LogP contribution in [0.15, 0.2) is 40.2 Å². The fourth-order valence-electron chi connectivity index (χ4n) is 2.56. The molecule has 0 atom stereocenters. The first-order chi connectivity index (χ1) is 12.6. The Morgan fingerprint density at radius 1 is 1.27 bits per heavy atom. The molecule has 132 valence electrons. The third-order valence-corrected chi connectivity index (χ3v) is 6.22. The molecule has 4 aromatic rings. The second-order valence-electron chi connectivity index (χ2n) is 5.53. The summed E-state index contributed by atoms with van der Waals surface area (Å²) in [7, 11) is 1.46. The number of imidazole rings is 1. The molecule has 0 unspecified atom stereocenters. The fourth-order valence-corrected chi connectivity index (χ4v) is 4.65. The van der Waals surface area contributed by atoms with E-state index in [1.54, 1.807) is 3.56 Å². The summed E-state index contributed by atoms with van der Waals surface area (Å²) in [6.07, 6.45) is 1.24. The standard InChI is InChI=1S/C15H13N7O3Se/c1-20-15(25)21-8-17-11(12(21)18-19-20)13(23)16-6-7-22-14(24)9-4-2-3-5-10(9)26-22/h2-5,8H,6-7H2,1H3,(H,16,23). The molecule has 0 bridgehead atoms. The van der Waals surface area contributed by atoms with Crippen LogP contribution in [0.2, 0.25) is 0 Å². The summed E-state index contributed by atoms with van der Waals surface area (Å²) in [4.78, 5) is 40.5. The van der Waals surface area contributed by atoms with Crippen LogP contribution in [0.25, 0.3) is 15.3 Å². The van der Waals surface area contributed by atoms with Gasteiger partial charge in [0.2, 0.25) is 0 Å². The van der Waals surface area contributed by atoms with E-state index in [1.807, 2.05) is 24.3 Å². The zero-order chi connectivity index (χ0) is 18.3. The Morgan fingerprint density at radius 2 is 2.08 bits per heavy atom. The van der Waals surface area contributed by atoms with E-state index in [0.717, 1.165) is 18.7 Å². The second-order valence-corrected chi connectivity index (χ2v) is 7.76. The van der Waals surface area contributed by atoms with Crippen LogP contribution in [0.5, 0.6) is 0 Å². The van der Waals surface area contributed by atoms with Crippen LogP contribution >= 0.6 is 0 Å². The third-order valence-electron chi connectivity index (χ3n) is 3.87. The van der Waals surface area contributed by atoms with Gasteiger partial charge in [0.25, 0.3) is 0 Å². The van der Waals surface area contributed by atoms with Gasteiger partial charge in [-0.2, -0.15) is 0 Å². The van der Waals surface area contributed by atoms with E-state index in [-0.39, 0.29) is 38.2 Å². The molecule has 1 aromatic carbocycles. The predicted octanol–water partition coefficient (Wildman–Crippen LogP) is -1.38. The van der Waals surface area contributed by atoms with Crippen LogP contribution in [0.3, 0.4) is 0 Å². The molecule has 1 N–H and O–H groups in total. The molecule has 0 fully saturated rings. The van der Waals surface area contributed by atoms with Gasteiger partial charge < -0.3 is 0 Å². The Bertz CT molecular complexity index is 1250. The first-order valence-electron chi connectivity index (χ1n) is 7.70. The molecular weight excluding hydrogens is 405 g/mol. The van der Waals surface area contributed by atoms with Crippen molar-refractivity contribution in [3.05, 3.63) is 57.1 Å². The monoisotopic (exact) mass is 419 g/mol. The van der Waals surface area contributed by atoms with Gasteiger partial charge in [-0.05, 0) is 0 Å². The van der Waals surface area contributed by atoms with E-state index < -0.39 is 11.6 Å². The molecule has 1 amide bonds. The summed E-state index contributed by atoms with van der Waals surface area (Å²) in [5.41, 5.74) is -0.336. The van der Waals surface area contributed by atoms with Crippen molar-refractivity contribution in [3.8, 4) is 0 Å². The number of amides is 1. The first kappa shape index (κ1) is 16.4. The number of fused-ring (bicyclic) bond motifs is 2. The molecule has 0 aliphatic carbocycles. The molecule has 0 spiro atoms. The van der Waals surface area contributed by atoms with Crippen LogP contribution < -0.4 is 16.6 Å². The Hall–Kier alpha value is -3.04. The Morgan fingerprint density at radius 3 is 2.88 bits per heavy atom. The summed E-state index contributed by atoms with van der Waals surface area (Å²) in [5.74, 6) is -0.466. The van der Waals surface area contributed by atoms with Crippen LogP contribution in [0.4, 0.5) is 0 Å². The molecule has 0 aliphatic rings. The Labute approximate surface area is 151 Å². The minimum absolute atomic E-state index is 0.0170. The summed E-state index contributed by atoms with van der Waals surface area (Å²) in [5, 5.41) is 10.9. The maximum absolute atomic E-state index is 12.3. The number of hydrogen-bond acceptors (Lipinski definition) is 6. The molecule has 3 heterocycles. The molecule has 0 aliphatic heterocycles. The molecule has 0 saturated heterocycles. The van der Waals surface area contributed by atoms with E-state index in [0.29, 0.717) is 6.54 Å². The summed E-state index contributed by atoms with van der Waals surface area (Å²) >= 11 is -0.0861. The number of hydrogen-bond donors (Lipinski definition) is 1. The molecule has 11 heteroatoms. The van der Waals surface area contributed by atoms with Gasteiger partial charge in [-0.3, -0.25) is 0 Å². The van der Waals surface area contributed by atoms with E-state index in [2.05, 4.69) is 20.6 Å². The molecule has 4 rings (SSSR count). The molecule has 0 saturated carbocycles. The average Bonchev–Trinajstić information content (AvgIpc) is 3.21. The van der Waals surface area contributed by atoms with Crippen LogP contribution in [-0.4, -0.2) is 55.1 Å². The van der Waals surface area contributed by atoms with Crippen LogP contribution in [0, 0.1) is 0 Å².